The molecule has 0 aliphatic carbocycles. The van der Waals surface area contributed by atoms with Gasteiger partial charge in [-0.25, -0.2) is 0 Å². The van der Waals surface area contributed by atoms with Gasteiger partial charge in [0.25, 0.3) is 0 Å². The summed E-state index contributed by atoms with van der Waals surface area (Å²) in [5.41, 5.74) is -2.01. The van der Waals surface area contributed by atoms with Crippen molar-refractivity contribution in [3.63, 3.8) is 0 Å². The van der Waals surface area contributed by atoms with Gasteiger partial charge in [0.15, 0.2) is 11.4 Å². The van der Waals surface area contributed by atoms with Crippen molar-refractivity contribution in [2.24, 2.45) is 0 Å². The van der Waals surface area contributed by atoms with Crippen molar-refractivity contribution in [2.45, 2.75) is 134 Å². The molecule has 0 aliphatic rings. The van der Waals surface area contributed by atoms with Crippen LogP contribution in [0.5, 0.6) is 0 Å². The fraction of sp³-hybridized carbons (Fsp3) is 0.926. The summed E-state index contributed by atoms with van der Waals surface area (Å²) in [6, 6.07) is 0. The predicted molar refractivity (Wildman–Crippen MR) is 133 cm³/mol. The van der Waals surface area contributed by atoms with Crippen LogP contribution in [0, 0.1) is 0 Å². The maximum absolute atomic E-state index is 12.5. The third kappa shape index (κ3) is 19.1. The molecule has 6 heteroatoms. The number of carboxylic acid groups (broad SMARTS) is 1. The molecule has 0 saturated carbocycles. The van der Waals surface area contributed by atoms with Gasteiger partial charge in [-0.15, -0.1) is 0 Å². The summed E-state index contributed by atoms with van der Waals surface area (Å²) in [6.45, 7) is 2.22. The first-order chi connectivity index (χ1) is 15.5. The van der Waals surface area contributed by atoms with Gasteiger partial charge in [-0.3, -0.25) is 4.79 Å². The maximum atomic E-state index is 12.5. The number of aliphatic hydroxyl groups is 2. The topological polar surface area (TPSA) is 97.7 Å². The van der Waals surface area contributed by atoms with Crippen molar-refractivity contribution in [2.75, 3.05) is 27.7 Å². The number of Topliss-reactive ketones (excluding diaryl/α,β-unsaturated/α-hetero) is 1. The average Bonchev–Trinajstić information content (AvgIpc) is 2.68. The van der Waals surface area contributed by atoms with Crippen LogP contribution < -0.4 is 5.11 Å². The number of likely N-dealkylation sites (N-methyl/N-ethyl adjacent to an activating group) is 1. The van der Waals surface area contributed by atoms with Crippen LogP contribution in [0.3, 0.4) is 0 Å². The minimum absolute atomic E-state index is 0.0362. The van der Waals surface area contributed by atoms with Crippen LogP contribution in [0.2, 0.25) is 0 Å². The summed E-state index contributed by atoms with van der Waals surface area (Å²) in [5.74, 6) is -2.08. The number of quaternary nitrogens is 1. The molecule has 0 heterocycles. The van der Waals surface area contributed by atoms with E-state index in [9.17, 15) is 24.9 Å². The largest absolute Gasteiger partial charge is 0.550 e. The van der Waals surface area contributed by atoms with Gasteiger partial charge in [-0.05, 0) is 6.42 Å². The van der Waals surface area contributed by atoms with E-state index >= 15 is 0 Å². The number of rotatable bonds is 23. The lowest BCUT2D eigenvalue weighted by atomic mass is 9.88. The van der Waals surface area contributed by atoms with E-state index in [4.69, 9.17) is 0 Å². The maximum Gasteiger partial charge on any atom is 0.177 e. The van der Waals surface area contributed by atoms with Crippen LogP contribution in [0.1, 0.15) is 122 Å². The summed E-state index contributed by atoms with van der Waals surface area (Å²) >= 11 is 0. The van der Waals surface area contributed by atoms with Gasteiger partial charge < -0.3 is 24.6 Å². The molecule has 0 rings (SSSR count). The highest BCUT2D eigenvalue weighted by atomic mass is 16.4. The van der Waals surface area contributed by atoms with E-state index in [1.54, 1.807) is 21.1 Å². The third-order valence-electron chi connectivity index (χ3n) is 6.25. The Hall–Kier alpha value is -0.980. The number of carbonyl (C=O) groups excluding carboxylic acids is 2. The summed E-state index contributed by atoms with van der Waals surface area (Å²) < 4.78 is 0.241. The lowest BCUT2D eigenvalue weighted by Crippen LogP contribution is -2.56. The molecule has 2 atom stereocenters. The zero-order valence-electron chi connectivity index (χ0n) is 22.1. The molecule has 2 unspecified atom stereocenters. The van der Waals surface area contributed by atoms with E-state index in [1.807, 2.05) is 0 Å². The minimum atomic E-state index is -2.01. The van der Waals surface area contributed by atoms with Crippen LogP contribution >= 0.6 is 0 Å². The van der Waals surface area contributed by atoms with Crippen LogP contribution in [-0.4, -0.2) is 65.8 Å². The highest BCUT2D eigenvalue weighted by Gasteiger charge is 2.41. The second kappa shape index (κ2) is 18.4. The first-order valence-electron chi connectivity index (χ1n) is 13.4. The van der Waals surface area contributed by atoms with E-state index in [-0.39, 0.29) is 17.4 Å². The first-order valence-corrected chi connectivity index (χ1v) is 13.4. The third-order valence-corrected chi connectivity index (χ3v) is 6.25. The Labute approximate surface area is 203 Å². The quantitative estimate of drug-likeness (QED) is 0.172. The van der Waals surface area contributed by atoms with Crippen molar-refractivity contribution < 1.29 is 29.4 Å². The van der Waals surface area contributed by atoms with Gasteiger partial charge in [0.1, 0.15) is 6.54 Å². The summed E-state index contributed by atoms with van der Waals surface area (Å²) in [5, 5.41) is 31.9. The molecule has 0 radical (unpaired) electrons. The van der Waals surface area contributed by atoms with E-state index < -0.39 is 29.9 Å². The zero-order chi connectivity index (χ0) is 25.2. The lowest BCUT2D eigenvalue weighted by Gasteiger charge is -2.35. The second-order valence-electron chi connectivity index (χ2n) is 11.0. The van der Waals surface area contributed by atoms with Crippen LogP contribution in [-0.2, 0) is 9.59 Å². The average molecular weight is 472 g/mol. The summed E-state index contributed by atoms with van der Waals surface area (Å²) in [6.07, 6.45) is 17.8. The van der Waals surface area contributed by atoms with Crippen molar-refractivity contribution in [1.29, 1.82) is 0 Å². The summed E-state index contributed by atoms with van der Waals surface area (Å²) in [4.78, 5) is 23.6. The number of carbonyl (C=O) groups is 2. The lowest BCUT2D eigenvalue weighted by molar-refractivity contribution is -0.875. The van der Waals surface area contributed by atoms with E-state index in [2.05, 4.69) is 6.92 Å². The van der Waals surface area contributed by atoms with Gasteiger partial charge in [-0.2, -0.15) is 0 Å². The molecule has 0 aromatic heterocycles. The predicted octanol–water partition coefficient (Wildman–Crippen LogP) is 4.15. The normalized spacial score (nSPS) is 14.7. The minimum Gasteiger partial charge on any atom is -0.550 e. The fourth-order valence-corrected chi connectivity index (χ4v) is 4.52. The van der Waals surface area contributed by atoms with E-state index in [0.717, 1.165) is 19.3 Å². The van der Waals surface area contributed by atoms with Gasteiger partial charge >= 0.3 is 0 Å². The molecule has 2 N–H and O–H groups in total. The monoisotopic (exact) mass is 471 g/mol. The highest BCUT2D eigenvalue weighted by Crippen LogP contribution is 2.20. The molecule has 0 bridgehead atoms. The molecule has 0 aromatic rings. The molecule has 0 spiro atoms. The number of aliphatic carboxylic acids is 1. The SMILES string of the molecule is CCCCCCCCCCCCCCCCCC(O)CC(=O)C(O)(CC(=O)[O-])C[N+](C)(C)C. The Kier molecular flexibility index (Phi) is 17.8. The van der Waals surface area contributed by atoms with E-state index in [0.29, 0.717) is 6.42 Å². The zero-order valence-corrected chi connectivity index (χ0v) is 22.1. The Morgan fingerprint density at radius 1 is 0.788 bits per heavy atom. The Morgan fingerprint density at radius 2 is 1.18 bits per heavy atom. The molecule has 0 fully saturated rings. The molecule has 0 saturated heterocycles. The standard InChI is InChI=1S/C27H53NO5/c1-5-6-7-8-9-10-11-12-13-14-15-16-17-18-19-20-24(29)21-25(30)27(33,22-26(31)32)23-28(2,3)4/h24,29,33H,5-23H2,1-4H3. The van der Waals surface area contributed by atoms with Crippen molar-refractivity contribution in [3.8, 4) is 0 Å². The van der Waals surface area contributed by atoms with Crippen LogP contribution in [0.4, 0.5) is 0 Å². The number of carboxylic acids is 1. The van der Waals surface area contributed by atoms with Gasteiger partial charge in [-0.1, -0.05) is 103 Å². The van der Waals surface area contributed by atoms with Crippen molar-refractivity contribution in [1.82, 2.24) is 0 Å². The summed E-state index contributed by atoms with van der Waals surface area (Å²) in [7, 11) is 5.33. The number of hydrogen-bond donors (Lipinski definition) is 2. The van der Waals surface area contributed by atoms with Crippen LogP contribution in [0.25, 0.3) is 0 Å². The number of ketones is 1. The second-order valence-corrected chi connectivity index (χ2v) is 11.0. The van der Waals surface area contributed by atoms with E-state index in [1.165, 1.54) is 77.0 Å². The molecular weight excluding hydrogens is 418 g/mol. The molecule has 0 aromatic carbocycles. The molecule has 196 valence electrons. The smallest absolute Gasteiger partial charge is 0.177 e. The highest BCUT2D eigenvalue weighted by molar-refractivity contribution is 5.91. The van der Waals surface area contributed by atoms with Gasteiger partial charge in [0.2, 0.25) is 0 Å². The molecule has 33 heavy (non-hydrogen) atoms. The molecular formula is C27H53NO5. The van der Waals surface area contributed by atoms with Crippen molar-refractivity contribution >= 4 is 11.8 Å². The fourth-order valence-electron chi connectivity index (χ4n) is 4.52. The Bertz CT molecular complexity index is 517. The Balaban J connectivity index is 3.83. The number of nitrogens with zero attached hydrogens (tertiary/aromatic N) is 1. The molecule has 0 aliphatic heterocycles. The first kappa shape index (κ1) is 32.0. The number of hydrogen-bond acceptors (Lipinski definition) is 5. The Morgan fingerprint density at radius 3 is 1.55 bits per heavy atom. The number of unbranched alkanes of at least 4 members (excludes halogenated alkanes) is 14. The molecule has 0 amide bonds. The van der Waals surface area contributed by atoms with Crippen LogP contribution in [0.15, 0.2) is 0 Å². The molecule has 6 nitrogen and oxygen atoms in total. The number of aliphatic hydroxyl groups excluding tert-OH is 1. The van der Waals surface area contributed by atoms with Gasteiger partial charge in [0.05, 0.1) is 27.2 Å². The van der Waals surface area contributed by atoms with Gasteiger partial charge in [0, 0.05) is 18.8 Å². The van der Waals surface area contributed by atoms with Crippen molar-refractivity contribution in [3.05, 3.63) is 0 Å².